The Morgan fingerprint density at radius 3 is 2.33 bits per heavy atom. The first kappa shape index (κ1) is 26.8. The number of amides is 2. The van der Waals surface area contributed by atoms with Crippen LogP contribution in [-0.2, 0) is 14.3 Å². The zero-order chi connectivity index (χ0) is 29.1. The summed E-state index contributed by atoms with van der Waals surface area (Å²) in [7, 11) is 0. The third-order valence-electron chi connectivity index (χ3n) is 8.83. The van der Waals surface area contributed by atoms with E-state index in [1.807, 2.05) is 12.1 Å². The van der Waals surface area contributed by atoms with Crippen LogP contribution < -0.4 is 4.90 Å². The molecule has 0 unspecified atom stereocenters. The van der Waals surface area contributed by atoms with Gasteiger partial charge in [0.2, 0.25) is 17.6 Å². The van der Waals surface area contributed by atoms with Crippen LogP contribution in [0.3, 0.4) is 0 Å². The number of ether oxygens (including phenoxy) is 1. The third-order valence-corrected chi connectivity index (χ3v) is 9.38. The maximum Gasteiger partial charge on any atom is 0.339 e. The van der Waals surface area contributed by atoms with Crippen molar-refractivity contribution in [3.63, 3.8) is 0 Å². The predicted molar refractivity (Wildman–Crippen MR) is 159 cm³/mol. The molecule has 1 aliphatic heterocycles. The van der Waals surface area contributed by atoms with Crippen molar-refractivity contribution in [2.75, 3.05) is 11.5 Å². The highest BCUT2D eigenvalue weighted by Crippen LogP contribution is 2.56. The Kier molecular flexibility index (Phi) is 6.59. The Morgan fingerprint density at radius 1 is 0.857 bits per heavy atom. The molecule has 2 aliphatic carbocycles. The minimum atomic E-state index is -0.697. The van der Waals surface area contributed by atoms with E-state index in [9.17, 15) is 19.2 Å². The highest BCUT2D eigenvalue weighted by atomic mass is 35.5. The maximum atomic E-state index is 13.4. The number of rotatable bonds is 6. The van der Waals surface area contributed by atoms with Crippen molar-refractivity contribution in [3.8, 4) is 11.3 Å². The summed E-state index contributed by atoms with van der Waals surface area (Å²) in [5.41, 5.74) is 2.59. The molecule has 3 aliphatic rings. The van der Waals surface area contributed by atoms with Gasteiger partial charge in [0, 0.05) is 21.5 Å². The van der Waals surface area contributed by atoms with Crippen LogP contribution in [0.25, 0.3) is 22.2 Å². The van der Waals surface area contributed by atoms with Gasteiger partial charge in [-0.2, -0.15) is 0 Å². The summed E-state index contributed by atoms with van der Waals surface area (Å²) in [6, 6.07) is 20.3. The Labute approximate surface area is 251 Å². The summed E-state index contributed by atoms with van der Waals surface area (Å²) in [5, 5.41) is 1.13. The monoisotopic (exact) mass is 598 g/mol. The Bertz CT molecular complexity index is 1790. The zero-order valence-electron chi connectivity index (χ0n) is 22.3. The van der Waals surface area contributed by atoms with E-state index < -0.39 is 18.4 Å². The van der Waals surface area contributed by atoms with E-state index >= 15 is 0 Å². The third kappa shape index (κ3) is 4.39. The second kappa shape index (κ2) is 10.3. The number of benzene rings is 3. The zero-order valence-corrected chi connectivity index (χ0v) is 23.8. The lowest BCUT2D eigenvalue weighted by atomic mass is 9.81. The maximum absolute atomic E-state index is 13.4. The summed E-state index contributed by atoms with van der Waals surface area (Å²) in [6.45, 7) is -0.509. The number of imide groups is 1. The number of fused-ring (bicyclic) bond motifs is 6. The molecule has 2 heterocycles. The lowest BCUT2D eigenvalue weighted by Crippen LogP contribution is -2.32. The van der Waals surface area contributed by atoms with Gasteiger partial charge in [-0.15, -0.1) is 0 Å². The Balaban J connectivity index is 1.19. The van der Waals surface area contributed by atoms with Gasteiger partial charge in [-0.05, 0) is 73.6 Å². The van der Waals surface area contributed by atoms with Crippen molar-refractivity contribution in [1.29, 1.82) is 0 Å². The van der Waals surface area contributed by atoms with Gasteiger partial charge in [0.05, 0.1) is 39.3 Å². The number of hydrogen-bond acceptors (Lipinski definition) is 6. The van der Waals surface area contributed by atoms with E-state index in [4.69, 9.17) is 32.9 Å². The van der Waals surface area contributed by atoms with Gasteiger partial charge >= 0.3 is 5.97 Å². The largest absolute Gasteiger partial charge is 0.454 e. The molecular weight excluding hydrogens is 575 g/mol. The van der Waals surface area contributed by atoms with Gasteiger partial charge in [-0.3, -0.25) is 19.3 Å². The van der Waals surface area contributed by atoms with E-state index in [2.05, 4.69) is 0 Å². The quantitative estimate of drug-likeness (QED) is 0.138. The van der Waals surface area contributed by atoms with Crippen LogP contribution in [-0.4, -0.2) is 35.2 Å². The standard InChI is InChI=1S/C33H24Cl2N2O5/c34-20-10-11-23(25(35)14-20)28(38)16-42-33(41)24-15-27(36-26-7-2-1-6-22(24)26)17-4-3-5-21(13-17)37-31(39)29-18-8-9-19(12-18)30(29)32(37)40/h1-7,10-11,13-15,18-19,29-30H,8-9,12,16H2/t18-,19-,29-,30+/m0/s1. The van der Waals surface area contributed by atoms with Gasteiger partial charge in [-0.1, -0.05) is 53.5 Å². The number of pyridine rings is 1. The van der Waals surface area contributed by atoms with Crippen molar-refractivity contribution >= 4 is 63.4 Å². The molecule has 1 aromatic heterocycles. The van der Waals surface area contributed by atoms with Crippen molar-refractivity contribution < 1.29 is 23.9 Å². The number of Topliss-reactive ketones (excluding diaryl/α,β-unsaturated/α-hetero) is 1. The molecule has 2 amide bonds. The molecule has 0 radical (unpaired) electrons. The molecule has 42 heavy (non-hydrogen) atoms. The molecule has 7 nitrogen and oxygen atoms in total. The van der Waals surface area contributed by atoms with Crippen LogP contribution in [0.4, 0.5) is 5.69 Å². The van der Waals surface area contributed by atoms with E-state index in [0.29, 0.717) is 44.7 Å². The highest BCUT2D eigenvalue weighted by Gasteiger charge is 2.61. The molecule has 4 atom stereocenters. The molecule has 2 saturated carbocycles. The second-order valence-electron chi connectivity index (χ2n) is 11.1. The molecule has 210 valence electrons. The number of carbonyl (C=O) groups is 4. The number of esters is 1. The minimum absolute atomic E-state index is 0.115. The second-order valence-corrected chi connectivity index (χ2v) is 12.0. The van der Waals surface area contributed by atoms with E-state index in [0.717, 1.165) is 19.3 Å². The number of hydrogen-bond donors (Lipinski definition) is 0. The van der Waals surface area contributed by atoms with Gasteiger partial charge in [0.25, 0.3) is 0 Å². The van der Waals surface area contributed by atoms with E-state index in [1.54, 1.807) is 48.5 Å². The molecule has 3 fully saturated rings. The summed E-state index contributed by atoms with van der Waals surface area (Å²) in [5.74, 6) is -1.24. The summed E-state index contributed by atoms with van der Waals surface area (Å²) < 4.78 is 5.42. The first-order valence-electron chi connectivity index (χ1n) is 13.8. The summed E-state index contributed by atoms with van der Waals surface area (Å²) in [4.78, 5) is 58.9. The lowest BCUT2D eigenvalue weighted by Gasteiger charge is -2.19. The van der Waals surface area contributed by atoms with Gasteiger partial charge in [-0.25, -0.2) is 9.78 Å². The average molecular weight is 599 g/mol. The van der Waals surface area contributed by atoms with E-state index in [1.165, 1.54) is 17.0 Å². The summed E-state index contributed by atoms with van der Waals surface area (Å²) in [6.07, 6.45) is 2.99. The van der Waals surface area contributed by atoms with E-state index in [-0.39, 0.29) is 39.8 Å². The lowest BCUT2D eigenvalue weighted by molar-refractivity contribution is -0.123. The predicted octanol–water partition coefficient (Wildman–Crippen LogP) is 6.78. The fourth-order valence-electron chi connectivity index (χ4n) is 6.96. The highest BCUT2D eigenvalue weighted by molar-refractivity contribution is 6.37. The van der Waals surface area contributed by atoms with Crippen molar-refractivity contribution in [2.24, 2.45) is 23.7 Å². The fraction of sp³-hybridized carbons (Fsp3) is 0.242. The molecule has 9 heteroatoms. The number of halogens is 2. The molecule has 0 N–H and O–H groups in total. The average Bonchev–Trinajstić information content (AvgIpc) is 3.68. The smallest absolute Gasteiger partial charge is 0.339 e. The van der Waals surface area contributed by atoms with Gasteiger partial charge in [0.15, 0.2) is 6.61 Å². The van der Waals surface area contributed by atoms with Crippen molar-refractivity contribution in [1.82, 2.24) is 4.98 Å². The van der Waals surface area contributed by atoms with Crippen LogP contribution in [0.5, 0.6) is 0 Å². The van der Waals surface area contributed by atoms with Crippen LogP contribution in [0.2, 0.25) is 10.0 Å². The first-order chi connectivity index (χ1) is 20.3. The Morgan fingerprint density at radius 2 is 1.60 bits per heavy atom. The normalized spacial score (nSPS) is 22.6. The number of nitrogens with zero attached hydrogens (tertiary/aromatic N) is 2. The minimum Gasteiger partial charge on any atom is -0.454 e. The number of para-hydroxylation sites is 1. The number of carbonyl (C=O) groups excluding carboxylic acids is 4. The number of aromatic nitrogens is 1. The van der Waals surface area contributed by atoms with Crippen LogP contribution in [0, 0.1) is 23.7 Å². The van der Waals surface area contributed by atoms with Crippen LogP contribution in [0.1, 0.15) is 40.0 Å². The number of anilines is 1. The summed E-state index contributed by atoms with van der Waals surface area (Å²) >= 11 is 12.1. The van der Waals surface area contributed by atoms with Crippen molar-refractivity contribution in [3.05, 3.63) is 94.0 Å². The first-order valence-corrected chi connectivity index (χ1v) is 14.6. The van der Waals surface area contributed by atoms with Gasteiger partial charge < -0.3 is 4.74 Å². The molecule has 7 rings (SSSR count). The van der Waals surface area contributed by atoms with Crippen molar-refractivity contribution in [2.45, 2.75) is 19.3 Å². The fourth-order valence-corrected chi connectivity index (χ4v) is 7.48. The Hall–Kier alpha value is -4.07. The number of ketones is 1. The molecule has 3 aromatic carbocycles. The molecule has 0 spiro atoms. The SMILES string of the molecule is O=C(COC(=O)c1cc(-c2cccc(N3C(=O)[C@@H]4[C@H]5CC[C@@H](C5)[C@@H]4C3=O)c2)nc2ccccc12)c1ccc(Cl)cc1Cl. The topological polar surface area (TPSA) is 93.6 Å². The molecule has 4 aromatic rings. The van der Waals surface area contributed by atoms with Gasteiger partial charge in [0.1, 0.15) is 0 Å². The molecule has 2 bridgehead atoms. The van der Waals surface area contributed by atoms with Crippen LogP contribution in [0.15, 0.2) is 72.8 Å². The molecular formula is C33H24Cl2N2O5. The molecule has 1 saturated heterocycles. The van der Waals surface area contributed by atoms with Crippen LogP contribution >= 0.6 is 23.2 Å².